The molecule has 0 aliphatic carbocycles. The molecule has 0 fully saturated rings. The quantitative estimate of drug-likeness (QED) is 0.852. The maximum absolute atomic E-state index is 12.3. The second-order valence-electron chi connectivity index (χ2n) is 5.22. The Hall–Kier alpha value is -1.59. The zero-order chi connectivity index (χ0) is 15.5. The third-order valence-corrected chi connectivity index (χ3v) is 4.42. The molecule has 4 nitrogen and oxygen atoms in total. The van der Waals surface area contributed by atoms with Crippen molar-refractivity contribution in [3.63, 3.8) is 0 Å². The van der Waals surface area contributed by atoms with Crippen LogP contribution in [0, 0.1) is 5.92 Å². The highest BCUT2D eigenvalue weighted by molar-refractivity contribution is 7.92. The molecule has 1 heterocycles. The van der Waals surface area contributed by atoms with Crippen LogP contribution in [0.25, 0.3) is 0 Å². The summed E-state index contributed by atoms with van der Waals surface area (Å²) in [6, 6.07) is 10.3. The molecule has 6 heteroatoms. The standard InChI is InChI=1S/C15H17ClN2O2S/c1-11(2)8-12-4-3-5-13(9-12)18-21(19,20)14-6-7-15(16)17-10-14/h3-7,9-11,18H,8H2,1-2H3. The second-order valence-corrected chi connectivity index (χ2v) is 7.29. The van der Waals surface area contributed by atoms with Crippen molar-refractivity contribution >= 4 is 27.3 Å². The van der Waals surface area contributed by atoms with Gasteiger partial charge < -0.3 is 0 Å². The zero-order valence-electron chi connectivity index (χ0n) is 11.9. The van der Waals surface area contributed by atoms with Gasteiger partial charge in [-0.3, -0.25) is 4.72 Å². The maximum atomic E-state index is 12.3. The van der Waals surface area contributed by atoms with Gasteiger partial charge in [-0.25, -0.2) is 13.4 Å². The minimum absolute atomic E-state index is 0.0844. The minimum Gasteiger partial charge on any atom is -0.280 e. The number of hydrogen-bond donors (Lipinski definition) is 1. The fourth-order valence-corrected chi connectivity index (χ4v) is 3.07. The Morgan fingerprint density at radius 1 is 1.24 bits per heavy atom. The van der Waals surface area contributed by atoms with Crippen molar-refractivity contribution in [2.75, 3.05) is 4.72 Å². The monoisotopic (exact) mass is 324 g/mol. The predicted molar refractivity (Wildman–Crippen MR) is 85.0 cm³/mol. The number of sulfonamides is 1. The highest BCUT2D eigenvalue weighted by atomic mass is 35.5. The van der Waals surface area contributed by atoms with Gasteiger partial charge in [0.25, 0.3) is 10.0 Å². The van der Waals surface area contributed by atoms with Gasteiger partial charge in [-0.2, -0.15) is 0 Å². The molecule has 0 aliphatic rings. The SMILES string of the molecule is CC(C)Cc1cccc(NS(=O)(=O)c2ccc(Cl)nc2)c1. The molecule has 21 heavy (non-hydrogen) atoms. The van der Waals surface area contributed by atoms with Crippen LogP contribution in [0.1, 0.15) is 19.4 Å². The van der Waals surface area contributed by atoms with Crippen LogP contribution in [-0.4, -0.2) is 13.4 Å². The number of pyridine rings is 1. The molecule has 2 rings (SSSR count). The van der Waals surface area contributed by atoms with E-state index in [0.29, 0.717) is 11.6 Å². The summed E-state index contributed by atoms with van der Waals surface area (Å²) in [6.07, 6.45) is 2.14. The fraction of sp³-hybridized carbons (Fsp3) is 0.267. The van der Waals surface area contributed by atoms with Crippen LogP contribution in [0.15, 0.2) is 47.5 Å². The molecule has 0 unspecified atom stereocenters. The number of rotatable bonds is 5. The number of hydrogen-bond acceptors (Lipinski definition) is 3. The molecule has 0 saturated heterocycles. The molecule has 0 amide bonds. The number of benzene rings is 1. The summed E-state index contributed by atoms with van der Waals surface area (Å²) in [5.41, 5.74) is 1.64. The molecule has 112 valence electrons. The molecular weight excluding hydrogens is 308 g/mol. The van der Waals surface area contributed by atoms with Gasteiger partial charge in [-0.05, 0) is 42.2 Å². The number of nitrogens with one attached hydrogen (secondary N) is 1. The molecule has 0 radical (unpaired) electrons. The van der Waals surface area contributed by atoms with E-state index in [1.54, 1.807) is 6.07 Å². The fourth-order valence-electron chi connectivity index (χ4n) is 1.97. The number of anilines is 1. The Bertz CT molecular complexity index is 713. The molecular formula is C15H17ClN2O2S. The molecule has 0 saturated carbocycles. The van der Waals surface area contributed by atoms with Gasteiger partial charge in [0.1, 0.15) is 10.0 Å². The van der Waals surface area contributed by atoms with Gasteiger partial charge >= 0.3 is 0 Å². The van der Waals surface area contributed by atoms with Crippen molar-refractivity contribution in [1.82, 2.24) is 4.98 Å². The van der Waals surface area contributed by atoms with Crippen LogP contribution < -0.4 is 4.72 Å². The van der Waals surface area contributed by atoms with E-state index in [9.17, 15) is 8.42 Å². The topological polar surface area (TPSA) is 59.1 Å². The van der Waals surface area contributed by atoms with Gasteiger partial charge in [-0.1, -0.05) is 37.6 Å². The molecule has 1 N–H and O–H groups in total. The van der Waals surface area contributed by atoms with Gasteiger partial charge in [0, 0.05) is 11.9 Å². The molecule has 0 aliphatic heterocycles. The van der Waals surface area contributed by atoms with Gasteiger partial charge in [0.2, 0.25) is 0 Å². The summed E-state index contributed by atoms with van der Waals surface area (Å²) in [7, 11) is -3.65. The van der Waals surface area contributed by atoms with E-state index in [1.807, 2.05) is 18.2 Å². The minimum atomic E-state index is -3.65. The summed E-state index contributed by atoms with van der Waals surface area (Å²) < 4.78 is 27.1. The molecule has 1 aromatic heterocycles. The van der Waals surface area contributed by atoms with E-state index in [2.05, 4.69) is 23.6 Å². The summed E-state index contributed by atoms with van der Waals surface area (Å²) >= 11 is 5.66. The van der Waals surface area contributed by atoms with Crippen molar-refractivity contribution < 1.29 is 8.42 Å². The van der Waals surface area contributed by atoms with Crippen molar-refractivity contribution in [3.8, 4) is 0 Å². The first kappa shape index (κ1) is 15.8. The Morgan fingerprint density at radius 3 is 2.62 bits per heavy atom. The maximum Gasteiger partial charge on any atom is 0.263 e. The van der Waals surface area contributed by atoms with E-state index < -0.39 is 10.0 Å². The van der Waals surface area contributed by atoms with Gasteiger partial charge in [0.15, 0.2) is 0 Å². The second kappa shape index (κ2) is 6.45. The normalized spacial score (nSPS) is 11.6. The van der Waals surface area contributed by atoms with E-state index in [-0.39, 0.29) is 10.0 Å². The van der Waals surface area contributed by atoms with Crippen LogP contribution in [-0.2, 0) is 16.4 Å². The van der Waals surface area contributed by atoms with Gasteiger partial charge in [0.05, 0.1) is 0 Å². The highest BCUT2D eigenvalue weighted by Gasteiger charge is 2.14. The number of nitrogens with zero attached hydrogens (tertiary/aromatic N) is 1. The summed E-state index contributed by atoms with van der Waals surface area (Å²) in [4.78, 5) is 3.87. The van der Waals surface area contributed by atoms with E-state index >= 15 is 0 Å². The Kier molecular flexibility index (Phi) is 4.85. The van der Waals surface area contributed by atoms with Crippen LogP contribution >= 0.6 is 11.6 Å². The Morgan fingerprint density at radius 2 is 2.00 bits per heavy atom. The zero-order valence-corrected chi connectivity index (χ0v) is 13.4. The van der Waals surface area contributed by atoms with Crippen molar-refractivity contribution in [3.05, 3.63) is 53.3 Å². The molecule has 1 aromatic carbocycles. The summed E-state index contributed by atoms with van der Waals surface area (Å²) in [5.74, 6) is 0.511. The summed E-state index contributed by atoms with van der Waals surface area (Å²) in [6.45, 7) is 4.24. The Labute approximate surface area is 130 Å². The van der Waals surface area contributed by atoms with E-state index in [1.165, 1.54) is 18.3 Å². The average Bonchev–Trinajstić information content (AvgIpc) is 2.38. The van der Waals surface area contributed by atoms with Crippen LogP contribution in [0.3, 0.4) is 0 Å². The lowest BCUT2D eigenvalue weighted by Crippen LogP contribution is -2.13. The first-order valence-electron chi connectivity index (χ1n) is 6.60. The third kappa shape index (κ3) is 4.44. The lowest BCUT2D eigenvalue weighted by Gasteiger charge is -2.10. The van der Waals surface area contributed by atoms with E-state index in [4.69, 9.17) is 11.6 Å². The first-order chi connectivity index (χ1) is 9.87. The Balaban J connectivity index is 2.22. The van der Waals surface area contributed by atoms with Crippen LogP contribution in [0.4, 0.5) is 5.69 Å². The molecule has 0 atom stereocenters. The third-order valence-electron chi connectivity index (χ3n) is 2.83. The van der Waals surface area contributed by atoms with Crippen molar-refractivity contribution in [2.24, 2.45) is 5.92 Å². The van der Waals surface area contributed by atoms with Crippen LogP contribution in [0.5, 0.6) is 0 Å². The van der Waals surface area contributed by atoms with Crippen LogP contribution in [0.2, 0.25) is 5.15 Å². The van der Waals surface area contributed by atoms with E-state index in [0.717, 1.165) is 12.0 Å². The molecule has 0 bridgehead atoms. The van der Waals surface area contributed by atoms with Crippen molar-refractivity contribution in [1.29, 1.82) is 0 Å². The predicted octanol–water partition coefficient (Wildman–Crippen LogP) is 3.73. The smallest absolute Gasteiger partial charge is 0.263 e. The summed E-state index contributed by atoms with van der Waals surface area (Å²) in [5, 5.41) is 0.257. The lowest BCUT2D eigenvalue weighted by molar-refractivity contribution is 0.601. The first-order valence-corrected chi connectivity index (χ1v) is 8.46. The average molecular weight is 325 g/mol. The number of aromatic nitrogens is 1. The lowest BCUT2D eigenvalue weighted by atomic mass is 10.0. The highest BCUT2D eigenvalue weighted by Crippen LogP contribution is 2.19. The van der Waals surface area contributed by atoms with Crippen molar-refractivity contribution in [2.45, 2.75) is 25.2 Å². The number of halogens is 1. The molecule has 0 spiro atoms. The largest absolute Gasteiger partial charge is 0.280 e. The van der Waals surface area contributed by atoms with Gasteiger partial charge in [-0.15, -0.1) is 0 Å². The molecule has 2 aromatic rings.